The minimum Gasteiger partial charge on any atom is -0.466 e. The molecule has 0 rings (SSSR count). The summed E-state index contributed by atoms with van der Waals surface area (Å²) in [6, 6.07) is -0.536. The van der Waals surface area contributed by atoms with Crippen LogP contribution in [0.4, 0.5) is 0 Å². The van der Waals surface area contributed by atoms with Crippen molar-refractivity contribution in [2.45, 2.75) is 392 Å². The highest BCUT2D eigenvalue weighted by molar-refractivity contribution is 5.76. The predicted molar refractivity (Wildman–Crippen MR) is 310 cm³/mol. The maximum atomic E-state index is 12.4. The van der Waals surface area contributed by atoms with Crippen molar-refractivity contribution in [3.05, 3.63) is 0 Å². The third-order valence-corrected chi connectivity index (χ3v) is 15.7. The van der Waals surface area contributed by atoms with Gasteiger partial charge < -0.3 is 20.3 Å². The third kappa shape index (κ3) is 58.0. The van der Waals surface area contributed by atoms with Crippen molar-refractivity contribution in [3.63, 3.8) is 0 Å². The molecule has 0 spiro atoms. The second-order valence-electron chi connectivity index (χ2n) is 22.8. The molecule has 71 heavy (non-hydrogen) atoms. The highest BCUT2D eigenvalue weighted by atomic mass is 16.5. The zero-order chi connectivity index (χ0) is 51.4. The monoisotopic (exact) mass is 1000 g/mol. The molecule has 2 unspecified atom stereocenters. The molecule has 6 nitrogen and oxygen atoms in total. The number of carbonyl (C=O) groups is 2. The summed E-state index contributed by atoms with van der Waals surface area (Å²) in [5.74, 6) is -0.00868. The zero-order valence-electron chi connectivity index (χ0n) is 48.5. The van der Waals surface area contributed by atoms with Gasteiger partial charge in [-0.25, -0.2) is 0 Å². The molecule has 0 aromatic rings. The Kier molecular flexibility index (Phi) is 60.4. The molecule has 0 saturated heterocycles. The summed E-state index contributed by atoms with van der Waals surface area (Å²) in [5, 5.41) is 23.2. The van der Waals surface area contributed by atoms with E-state index in [0.29, 0.717) is 25.9 Å². The Morgan fingerprint density at radius 3 is 0.859 bits per heavy atom. The van der Waals surface area contributed by atoms with Crippen LogP contribution in [0.1, 0.15) is 380 Å². The van der Waals surface area contributed by atoms with E-state index in [1.807, 2.05) is 0 Å². The lowest BCUT2D eigenvalue weighted by molar-refractivity contribution is -0.143. The second-order valence-corrected chi connectivity index (χ2v) is 22.8. The molecule has 0 aliphatic heterocycles. The molecule has 0 aliphatic carbocycles. The molecule has 0 aliphatic rings. The van der Waals surface area contributed by atoms with Crippen LogP contribution in [0.15, 0.2) is 0 Å². The number of esters is 1. The van der Waals surface area contributed by atoms with Gasteiger partial charge in [0.1, 0.15) is 0 Å². The normalized spacial score (nSPS) is 12.5. The van der Waals surface area contributed by atoms with Gasteiger partial charge in [0.25, 0.3) is 0 Å². The Bertz CT molecular complexity index is 1020. The molecule has 424 valence electrons. The molecule has 0 heterocycles. The van der Waals surface area contributed by atoms with Crippen molar-refractivity contribution in [1.29, 1.82) is 0 Å². The van der Waals surface area contributed by atoms with Gasteiger partial charge in [-0.15, -0.1) is 0 Å². The minimum atomic E-state index is -0.659. The first-order valence-electron chi connectivity index (χ1n) is 32.8. The third-order valence-electron chi connectivity index (χ3n) is 15.7. The van der Waals surface area contributed by atoms with Gasteiger partial charge in [0.15, 0.2) is 0 Å². The fourth-order valence-corrected chi connectivity index (χ4v) is 10.6. The highest BCUT2D eigenvalue weighted by Gasteiger charge is 2.20. The van der Waals surface area contributed by atoms with Crippen molar-refractivity contribution >= 4 is 11.9 Å². The fraction of sp³-hybridized carbons (Fsp3) is 0.969. The summed E-state index contributed by atoms with van der Waals surface area (Å²) in [5.41, 5.74) is 0. The number of aliphatic hydroxyl groups excluding tert-OH is 2. The average molecular weight is 1000 g/mol. The van der Waals surface area contributed by atoms with Gasteiger partial charge in [-0.2, -0.15) is 0 Å². The highest BCUT2D eigenvalue weighted by Crippen LogP contribution is 2.19. The molecule has 0 bridgehead atoms. The number of ether oxygens (including phenoxy) is 1. The SMILES string of the molecule is CCCCCCCCCCCCCCCCCCCC(=O)OCCCCCCCCCCCCCCCCCCCCCCCCCCCCCC(=O)NC(CO)C(O)CCCCCCCCCCCC. The first-order chi connectivity index (χ1) is 35.0. The lowest BCUT2D eigenvalue weighted by Crippen LogP contribution is -2.45. The first-order valence-corrected chi connectivity index (χ1v) is 32.8. The van der Waals surface area contributed by atoms with E-state index < -0.39 is 12.1 Å². The van der Waals surface area contributed by atoms with Crippen LogP contribution in [0, 0.1) is 0 Å². The van der Waals surface area contributed by atoms with E-state index in [1.165, 1.54) is 308 Å². The van der Waals surface area contributed by atoms with Gasteiger partial charge in [0, 0.05) is 12.8 Å². The van der Waals surface area contributed by atoms with Crippen LogP contribution in [0.5, 0.6) is 0 Å². The van der Waals surface area contributed by atoms with Gasteiger partial charge in [-0.1, -0.05) is 341 Å². The Morgan fingerprint density at radius 2 is 0.577 bits per heavy atom. The molecule has 3 N–H and O–H groups in total. The Labute approximate surface area is 445 Å². The molecule has 0 aromatic carbocycles. The van der Waals surface area contributed by atoms with E-state index in [-0.39, 0.29) is 18.5 Å². The van der Waals surface area contributed by atoms with Gasteiger partial charge >= 0.3 is 5.97 Å². The standard InChI is InChI=1S/C65H129NO5/c1-3-5-7-9-11-13-15-16-17-29-33-36-39-43-47-51-55-59-65(70)71-60-56-52-48-44-40-37-34-31-28-26-24-22-20-18-19-21-23-25-27-30-32-35-38-42-46-50-54-58-64(69)66-62(61-67)63(68)57-53-49-45-41-14-12-10-8-6-4-2/h62-63,67-68H,3-61H2,1-2H3,(H,66,69). The van der Waals surface area contributed by atoms with Gasteiger partial charge in [0.05, 0.1) is 25.4 Å². The quantitative estimate of drug-likeness (QED) is 0.0417. The van der Waals surface area contributed by atoms with Gasteiger partial charge in [0.2, 0.25) is 5.91 Å². The fourth-order valence-electron chi connectivity index (χ4n) is 10.6. The molecular weight excluding hydrogens is 875 g/mol. The number of hydrogen-bond donors (Lipinski definition) is 3. The number of aliphatic hydroxyl groups is 2. The van der Waals surface area contributed by atoms with E-state index in [0.717, 1.165) is 38.5 Å². The molecule has 2 atom stereocenters. The second kappa shape index (κ2) is 61.4. The summed E-state index contributed by atoms with van der Waals surface area (Å²) in [6.07, 6.45) is 72.9. The first kappa shape index (κ1) is 69.9. The van der Waals surface area contributed by atoms with E-state index in [9.17, 15) is 19.8 Å². The number of rotatable bonds is 62. The van der Waals surface area contributed by atoms with E-state index in [4.69, 9.17) is 4.74 Å². The van der Waals surface area contributed by atoms with Crippen LogP contribution in [0.3, 0.4) is 0 Å². The van der Waals surface area contributed by atoms with Crippen molar-refractivity contribution in [3.8, 4) is 0 Å². The number of nitrogens with one attached hydrogen (secondary N) is 1. The lowest BCUT2D eigenvalue weighted by atomic mass is 10.0. The molecule has 0 aromatic heterocycles. The topological polar surface area (TPSA) is 95.9 Å². The number of hydrogen-bond acceptors (Lipinski definition) is 5. The summed E-state index contributed by atoms with van der Waals surface area (Å²) >= 11 is 0. The molecule has 0 saturated carbocycles. The number of unbranched alkanes of at least 4 members (excludes halogenated alkanes) is 51. The van der Waals surface area contributed by atoms with E-state index in [1.54, 1.807) is 0 Å². The average Bonchev–Trinajstić information content (AvgIpc) is 3.37. The Hall–Kier alpha value is -1.14. The molecule has 0 radical (unpaired) electrons. The van der Waals surface area contributed by atoms with Crippen LogP contribution in [0.2, 0.25) is 0 Å². The van der Waals surface area contributed by atoms with Crippen LogP contribution in [0.25, 0.3) is 0 Å². The Morgan fingerprint density at radius 1 is 0.338 bits per heavy atom. The van der Waals surface area contributed by atoms with Crippen molar-refractivity contribution in [2.24, 2.45) is 0 Å². The van der Waals surface area contributed by atoms with Crippen molar-refractivity contribution < 1.29 is 24.5 Å². The zero-order valence-corrected chi connectivity index (χ0v) is 48.5. The van der Waals surface area contributed by atoms with Crippen LogP contribution in [-0.4, -0.2) is 47.4 Å². The Balaban J connectivity index is 3.29. The smallest absolute Gasteiger partial charge is 0.305 e. The lowest BCUT2D eigenvalue weighted by Gasteiger charge is -2.22. The van der Waals surface area contributed by atoms with E-state index in [2.05, 4.69) is 19.2 Å². The maximum absolute atomic E-state index is 12.4. The summed E-state index contributed by atoms with van der Waals surface area (Å²) in [7, 11) is 0. The maximum Gasteiger partial charge on any atom is 0.305 e. The largest absolute Gasteiger partial charge is 0.466 e. The number of carbonyl (C=O) groups excluding carboxylic acids is 2. The van der Waals surface area contributed by atoms with Crippen LogP contribution in [-0.2, 0) is 14.3 Å². The van der Waals surface area contributed by atoms with Gasteiger partial charge in [-0.3, -0.25) is 9.59 Å². The summed E-state index contributed by atoms with van der Waals surface area (Å²) in [6.45, 7) is 4.98. The van der Waals surface area contributed by atoms with E-state index >= 15 is 0 Å². The molecule has 1 amide bonds. The minimum absolute atomic E-state index is 0.0229. The molecular formula is C65H129NO5. The van der Waals surface area contributed by atoms with Crippen LogP contribution >= 0.6 is 0 Å². The molecule has 0 fully saturated rings. The van der Waals surface area contributed by atoms with Crippen LogP contribution < -0.4 is 5.32 Å². The number of amides is 1. The summed E-state index contributed by atoms with van der Waals surface area (Å²) < 4.78 is 5.51. The summed E-state index contributed by atoms with van der Waals surface area (Å²) in [4.78, 5) is 24.5. The van der Waals surface area contributed by atoms with Gasteiger partial charge in [-0.05, 0) is 25.7 Å². The predicted octanol–water partition coefficient (Wildman–Crippen LogP) is 20.6. The van der Waals surface area contributed by atoms with Crippen molar-refractivity contribution in [1.82, 2.24) is 5.32 Å². The molecule has 6 heteroatoms. The van der Waals surface area contributed by atoms with Crippen molar-refractivity contribution in [2.75, 3.05) is 13.2 Å².